The molecule has 4 rings (SSSR count). The van der Waals surface area contributed by atoms with Crippen molar-refractivity contribution in [3.8, 4) is 5.75 Å². The first kappa shape index (κ1) is 20.7. The number of nitrogens with one attached hydrogen (secondary N) is 1. The summed E-state index contributed by atoms with van der Waals surface area (Å²) in [5.41, 5.74) is 2.54. The van der Waals surface area contributed by atoms with E-state index in [2.05, 4.69) is 62.6 Å². The maximum atomic E-state index is 6.12. The first-order chi connectivity index (χ1) is 14.8. The third-order valence-electron chi connectivity index (χ3n) is 5.82. The van der Waals surface area contributed by atoms with Crippen LogP contribution in [0.1, 0.15) is 18.1 Å². The minimum Gasteiger partial charge on any atom is -0.494 e. The van der Waals surface area contributed by atoms with Crippen molar-refractivity contribution in [2.75, 3.05) is 39.9 Å². The number of ether oxygens (including phenoxy) is 2. The molecule has 1 N–H and O–H groups in total. The van der Waals surface area contributed by atoms with Gasteiger partial charge in [-0.15, -0.1) is 0 Å². The van der Waals surface area contributed by atoms with Crippen LogP contribution in [0.25, 0.3) is 0 Å². The number of morpholine rings is 1. The van der Waals surface area contributed by atoms with E-state index in [-0.39, 0.29) is 6.10 Å². The summed E-state index contributed by atoms with van der Waals surface area (Å²) in [5.74, 6) is 1.83. The topological polar surface area (TPSA) is 49.3 Å². The van der Waals surface area contributed by atoms with Crippen molar-refractivity contribution in [1.82, 2.24) is 15.1 Å². The van der Waals surface area contributed by atoms with Crippen molar-refractivity contribution in [3.05, 3.63) is 65.7 Å². The Balaban J connectivity index is 1.37. The van der Waals surface area contributed by atoms with Gasteiger partial charge in [-0.05, 0) is 30.2 Å². The number of likely N-dealkylation sites (tertiary alicyclic amines) is 1. The summed E-state index contributed by atoms with van der Waals surface area (Å²) in [6.45, 7) is 7.92. The number of rotatable bonds is 6. The van der Waals surface area contributed by atoms with Crippen LogP contribution >= 0.6 is 0 Å². The molecule has 2 aromatic rings. The van der Waals surface area contributed by atoms with Crippen LogP contribution in [0.5, 0.6) is 5.75 Å². The van der Waals surface area contributed by atoms with Crippen molar-refractivity contribution in [2.45, 2.75) is 32.2 Å². The standard InChI is InChI=1S/C24H32N4O2/c1-3-29-21-11-7-10-20(14-21)15-26-24(25-2)28-17-22-23(18-28)30-13-12-27(22)16-19-8-5-4-6-9-19/h4-11,14,22-23H,3,12-13,15-18H2,1-2H3,(H,25,26). The van der Waals surface area contributed by atoms with Crippen LogP contribution in [-0.2, 0) is 17.8 Å². The highest BCUT2D eigenvalue weighted by Crippen LogP contribution is 2.25. The van der Waals surface area contributed by atoms with Crippen LogP contribution in [-0.4, -0.2) is 67.8 Å². The van der Waals surface area contributed by atoms with Crippen LogP contribution in [0.4, 0.5) is 0 Å². The zero-order chi connectivity index (χ0) is 20.8. The zero-order valence-electron chi connectivity index (χ0n) is 18.0. The van der Waals surface area contributed by atoms with Crippen LogP contribution in [0.15, 0.2) is 59.6 Å². The third-order valence-corrected chi connectivity index (χ3v) is 5.82. The lowest BCUT2D eigenvalue weighted by molar-refractivity contribution is -0.0502. The van der Waals surface area contributed by atoms with Gasteiger partial charge >= 0.3 is 0 Å². The van der Waals surface area contributed by atoms with Crippen LogP contribution in [0.3, 0.4) is 0 Å². The maximum Gasteiger partial charge on any atom is 0.194 e. The van der Waals surface area contributed by atoms with Gasteiger partial charge in [0.15, 0.2) is 5.96 Å². The van der Waals surface area contributed by atoms with Gasteiger partial charge in [0.05, 0.1) is 25.4 Å². The number of hydrogen-bond acceptors (Lipinski definition) is 4. The number of guanidine groups is 1. The van der Waals surface area contributed by atoms with Crippen LogP contribution in [0.2, 0.25) is 0 Å². The van der Waals surface area contributed by atoms with Gasteiger partial charge in [-0.25, -0.2) is 0 Å². The van der Waals surface area contributed by atoms with E-state index in [1.807, 2.05) is 26.1 Å². The first-order valence-electron chi connectivity index (χ1n) is 10.8. The SMILES string of the molecule is CCOc1cccc(CNC(=NC)N2CC3OCCN(Cc4ccccc4)C3C2)c1. The van der Waals surface area contributed by atoms with Crippen molar-refractivity contribution in [2.24, 2.45) is 4.99 Å². The lowest BCUT2D eigenvalue weighted by atomic mass is 10.1. The Morgan fingerprint density at radius 1 is 1.13 bits per heavy atom. The number of aliphatic imine (C=N–C) groups is 1. The van der Waals surface area contributed by atoms with Gasteiger partial charge in [0.2, 0.25) is 0 Å². The Hall–Kier alpha value is -2.57. The van der Waals surface area contributed by atoms with Gasteiger partial charge in [-0.1, -0.05) is 42.5 Å². The Morgan fingerprint density at radius 3 is 2.77 bits per heavy atom. The van der Waals surface area contributed by atoms with Gasteiger partial charge in [0.25, 0.3) is 0 Å². The van der Waals surface area contributed by atoms with Gasteiger partial charge in [-0.2, -0.15) is 0 Å². The minimum atomic E-state index is 0.224. The molecule has 6 nitrogen and oxygen atoms in total. The quantitative estimate of drug-likeness (QED) is 0.588. The molecule has 30 heavy (non-hydrogen) atoms. The van der Waals surface area contributed by atoms with Crippen molar-refractivity contribution < 1.29 is 9.47 Å². The normalized spacial score (nSPS) is 22.1. The lowest BCUT2D eigenvalue weighted by Crippen LogP contribution is -2.50. The second-order valence-corrected chi connectivity index (χ2v) is 7.82. The molecular formula is C24H32N4O2. The van der Waals surface area contributed by atoms with Gasteiger partial charge < -0.3 is 19.7 Å². The number of benzene rings is 2. The van der Waals surface area contributed by atoms with Crippen molar-refractivity contribution in [1.29, 1.82) is 0 Å². The monoisotopic (exact) mass is 408 g/mol. The maximum absolute atomic E-state index is 6.12. The van der Waals surface area contributed by atoms with Gasteiger partial charge in [0.1, 0.15) is 5.75 Å². The second kappa shape index (κ2) is 9.96. The predicted octanol–water partition coefficient (Wildman–Crippen LogP) is 2.75. The Bertz CT molecular complexity index is 842. The molecule has 2 unspecified atom stereocenters. The van der Waals surface area contributed by atoms with E-state index in [0.717, 1.165) is 44.5 Å². The fourth-order valence-corrected chi connectivity index (χ4v) is 4.37. The van der Waals surface area contributed by atoms with Crippen molar-refractivity contribution >= 4 is 5.96 Å². The van der Waals surface area contributed by atoms with Gasteiger partial charge in [0, 0.05) is 39.8 Å². The zero-order valence-corrected chi connectivity index (χ0v) is 18.0. The van der Waals surface area contributed by atoms with Crippen molar-refractivity contribution in [3.63, 3.8) is 0 Å². The molecule has 0 aromatic heterocycles. The molecule has 2 fully saturated rings. The molecule has 2 aliphatic rings. The summed E-state index contributed by atoms with van der Waals surface area (Å²) in [6.07, 6.45) is 0.224. The molecule has 0 radical (unpaired) electrons. The summed E-state index contributed by atoms with van der Waals surface area (Å²) < 4.78 is 11.7. The molecule has 0 aliphatic carbocycles. The summed E-state index contributed by atoms with van der Waals surface area (Å²) in [7, 11) is 1.85. The molecule has 2 aliphatic heterocycles. The van der Waals surface area contributed by atoms with E-state index in [4.69, 9.17) is 9.47 Å². The molecular weight excluding hydrogens is 376 g/mol. The fraction of sp³-hybridized carbons (Fsp3) is 0.458. The average Bonchev–Trinajstić information content (AvgIpc) is 3.21. The first-order valence-corrected chi connectivity index (χ1v) is 10.8. The van der Waals surface area contributed by atoms with E-state index in [1.54, 1.807) is 0 Å². The molecule has 160 valence electrons. The predicted molar refractivity (Wildman–Crippen MR) is 120 cm³/mol. The Kier molecular flexibility index (Phi) is 6.87. The van der Waals surface area contributed by atoms with E-state index in [0.29, 0.717) is 19.2 Å². The largest absolute Gasteiger partial charge is 0.494 e. The highest BCUT2D eigenvalue weighted by Gasteiger charge is 2.41. The third kappa shape index (κ3) is 4.94. The molecule has 0 amide bonds. The molecule has 0 bridgehead atoms. The van der Waals surface area contributed by atoms with E-state index in [9.17, 15) is 0 Å². The minimum absolute atomic E-state index is 0.224. The molecule has 0 spiro atoms. The lowest BCUT2D eigenvalue weighted by Gasteiger charge is -2.36. The number of nitrogens with zero attached hydrogens (tertiary/aromatic N) is 3. The second-order valence-electron chi connectivity index (χ2n) is 7.82. The summed E-state index contributed by atoms with van der Waals surface area (Å²) >= 11 is 0. The highest BCUT2D eigenvalue weighted by molar-refractivity contribution is 5.80. The smallest absolute Gasteiger partial charge is 0.194 e. The molecule has 0 saturated carbocycles. The molecule has 2 aromatic carbocycles. The van der Waals surface area contributed by atoms with Gasteiger partial charge in [-0.3, -0.25) is 9.89 Å². The van der Waals surface area contributed by atoms with Crippen LogP contribution in [0, 0.1) is 0 Å². The molecule has 2 saturated heterocycles. The summed E-state index contributed by atoms with van der Waals surface area (Å²) in [6, 6.07) is 19.3. The fourth-order valence-electron chi connectivity index (χ4n) is 4.37. The van der Waals surface area contributed by atoms with E-state index < -0.39 is 0 Å². The Morgan fingerprint density at radius 2 is 1.97 bits per heavy atom. The molecule has 2 atom stereocenters. The van der Waals surface area contributed by atoms with E-state index >= 15 is 0 Å². The number of fused-ring (bicyclic) bond motifs is 1. The summed E-state index contributed by atoms with van der Waals surface area (Å²) in [4.78, 5) is 9.42. The highest BCUT2D eigenvalue weighted by atomic mass is 16.5. The average molecular weight is 409 g/mol. The Labute approximate surface area is 179 Å². The number of hydrogen-bond donors (Lipinski definition) is 1. The van der Waals surface area contributed by atoms with Crippen LogP contribution < -0.4 is 10.1 Å². The molecule has 6 heteroatoms. The molecule has 2 heterocycles. The summed E-state index contributed by atoms with van der Waals surface area (Å²) in [5, 5.41) is 3.52. The van der Waals surface area contributed by atoms with E-state index in [1.165, 1.54) is 11.1 Å².